The van der Waals surface area contributed by atoms with Crippen LogP contribution in [0.4, 0.5) is 0 Å². The number of nitrogens with zero attached hydrogens (tertiary/aromatic N) is 1. The van der Waals surface area contributed by atoms with Crippen LogP contribution in [0.3, 0.4) is 0 Å². The summed E-state index contributed by atoms with van der Waals surface area (Å²) in [4.78, 5) is 27.7. The highest BCUT2D eigenvalue weighted by Crippen LogP contribution is 2.34. The molecule has 2 rings (SSSR count). The number of thioether (sulfide) groups is 1. The second-order valence-corrected chi connectivity index (χ2v) is 9.49. The van der Waals surface area contributed by atoms with Gasteiger partial charge in [0.05, 0.1) is 23.8 Å². The lowest BCUT2D eigenvalue weighted by molar-refractivity contribution is -0.141. The number of hydrogen-bond acceptors (Lipinski definition) is 7. The van der Waals surface area contributed by atoms with E-state index in [1.807, 2.05) is 26.0 Å². The number of ether oxygens (including phenoxy) is 1. The average Bonchev–Trinajstić information content (AvgIpc) is 2.79. The molecule has 0 radical (unpaired) electrons. The van der Waals surface area contributed by atoms with Crippen LogP contribution in [0, 0.1) is 0 Å². The predicted molar refractivity (Wildman–Crippen MR) is 139 cm³/mol. The van der Waals surface area contributed by atoms with Gasteiger partial charge in [-0.05, 0) is 49.1 Å². The highest BCUT2D eigenvalue weighted by atomic mass is 35.5. The number of aromatic hydroxyl groups is 1. The van der Waals surface area contributed by atoms with Gasteiger partial charge in [0.2, 0.25) is 0 Å². The van der Waals surface area contributed by atoms with Crippen LogP contribution < -0.4 is 4.74 Å². The molecule has 0 aliphatic carbocycles. The van der Waals surface area contributed by atoms with E-state index >= 15 is 0 Å². The van der Waals surface area contributed by atoms with Crippen molar-refractivity contribution in [3.8, 4) is 11.5 Å². The van der Waals surface area contributed by atoms with Crippen LogP contribution in [0.15, 0.2) is 40.4 Å². The third-order valence-corrected chi connectivity index (χ3v) is 6.56. The second kappa shape index (κ2) is 14.6. The molecule has 0 unspecified atom stereocenters. The van der Waals surface area contributed by atoms with Crippen molar-refractivity contribution in [1.29, 1.82) is 0 Å². The van der Waals surface area contributed by atoms with Gasteiger partial charge in [0.25, 0.3) is 0 Å². The Bertz CT molecular complexity index is 1060. The number of carboxylic acid groups (broad SMARTS) is 1. The molecule has 0 saturated heterocycles. The topological polar surface area (TPSA) is 105 Å². The zero-order valence-electron chi connectivity index (χ0n) is 20.3. The molecule has 0 heterocycles. The van der Waals surface area contributed by atoms with Gasteiger partial charge in [-0.25, -0.2) is 4.79 Å². The molecular weight excluding hydrogens is 490 g/mol. The van der Waals surface area contributed by atoms with Crippen molar-refractivity contribution >= 4 is 41.0 Å². The maximum atomic E-state index is 11.2. The maximum absolute atomic E-state index is 11.2. The third-order valence-electron chi connectivity index (χ3n) is 4.98. The minimum Gasteiger partial charge on any atom is -0.507 e. The van der Waals surface area contributed by atoms with E-state index in [1.54, 1.807) is 30.0 Å². The highest BCUT2D eigenvalue weighted by Gasteiger charge is 2.18. The van der Waals surface area contributed by atoms with Crippen LogP contribution in [-0.2, 0) is 27.3 Å². The van der Waals surface area contributed by atoms with Gasteiger partial charge in [0, 0.05) is 28.7 Å². The third kappa shape index (κ3) is 9.11. The Labute approximate surface area is 215 Å². The number of phenols is 1. The number of halogens is 1. The molecule has 0 saturated carbocycles. The van der Waals surface area contributed by atoms with Gasteiger partial charge in [-0.3, -0.25) is 4.79 Å². The molecule has 0 atom stereocenters. The molecule has 9 heteroatoms. The van der Waals surface area contributed by atoms with Crippen molar-refractivity contribution in [3.05, 3.63) is 52.0 Å². The molecule has 7 nitrogen and oxygen atoms in total. The summed E-state index contributed by atoms with van der Waals surface area (Å²) < 4.78 is 6.00. The van der Waals surface area contributed by atoms with E-state index in [9.17, 15) is 14.7 Å². The van der Waals surface area contributed by atoms with Crippen LogP contribution in [0.25, 0.3) is 0 Å². The maximum Gasteiger partial charge on any atom is 0.331 e. The molecule has 0 fully saturated rings. The molecule has 2 N–H and O–H groups in total. The van der Waals surface area contributed by atoms with Crippen LogP contribution in [0.2, 0.25) is 5.02 Å². The number of aliphatic carboxylic acids is 1. The summed E-state index contributed by atoms with van der Waals surface area (Å²) in [6, 6.07) is 8.87. The Morgan fingerprint density at radius 1 is 1.14 bits per heavy atom. The van der Waals surface area contributed by atoms with E-state index in [2.05, 4.69) is 5.16 Å². The fourth-order valence-electron chi connectivity index (χ4n) is 3.43. The molecule has 0 bridgehead atoms. The first kappa shape index (κ1) is 28.5. The van der Waals surface area contributed by atoms with E-state index in [-0.39, 0.29) is 12.2 Å². The fourth-order valence-corrected chi connectivity index (χ4v) is 4.64. The highest BCUT2D eigenvalue weighted by molar-refractivity contribution is 7.99. The first-order chi connectivity index (χ1) is 16.8. The quantitative estimate of drug-likeness (QED) is 0.0994. The van der Waals surface area contributed by atoms with Crippen molar-refractivity contribution in [3.63, 3.8) is 0 Å². The Balaban J connectivity index is 2.02. The van der Waals surface area contributed by atoms with E-state index in [0.29, 0.717) is 52.6 Å². The zero-order valence-corrected chi connectivity index (χ0v) is 21.9. The number of benzene rings is 2. The van der Waals surface area contributed by atoms with Gasteiger partial charge in [-0.2, -0.15) is 0 Å². The van der Waals surface area contributed by atoms with Crippen molar-refractivity contribution in [1.82, 2.24) is 0 Å². The largest absolute Gasteiger partial charge is 0.507 e. The number of oxime groups is 1. The van der Waals surface area contributed by atoms with Gasteiger partial charge < -0.3 is 19.8 Å². The first-order valence-corrected chi connectivity index (χ1v) is 13.0. The zero-order chi connectivity index (χ0) is 25.8. The number of rotatable bonds is 14. The second-order valence-electron chi connectivity index (χ2n) is 7.95. The van der Waals surface area contributed by atoms with Crippen LogP contribution in [0.1, 0.15) is 63.1 Å². The number of carboxylic acids is 1. The summed E-state index contributed by atoms with van der Waals surface area (Å²) in [5.74, 6) is 0.0883. The van der Waals surface area contributed by atoms with Gasteiger partial charge in [0.15, 0.2) is 0 Å². The molecule has 0 aromatic heterocycles. The molecule has 0 aliphatic rings. The number of hydrogen-bond donors (Lipinski definition) is 2. The lowest BCUT2D eigenvalue weighted by Gasteiger charge is -2.16. The van der Waals surface area contributed by atoms with Crippen LogP contribution in [-0.4, -0.2) is 40.2 Å². The van der Waals surface area contributed by atoms with Crippen molar-refractivity contribution in [2.24, 2.45) is 5.16 Å². The monoisotopic (exact) mass is 521 g/mol. The molecule has 190 valence electrons. The Kier molecular flexibility index (Phi) is 11.9. The van der Waals surface area contributed by atoms with Crippen LogP contribution in [0.5, 0.6) is 11.5 Å². The lowest BCUT2D eigenvalue weighted by Crippen LogP contribution is -2.07. The van der Waals surface area contributed by atoms with E-state index < -0.39 is 11.9 Å². The van der Waals surface area contributed by atoms with Crippen molar-refractivity contribution in [2.45, 2.75) is 64.2 Å². The summed E-state index contributed by atoms with van der Waals surface area (Å²) in [7, 11) is 0. The molecule has 0 aliphatic heterocycles. The standard InChI is InChI=1S/C26H32ClNO6S/c1-4-7-20-23(11-10-19(26(20)32)22(8-5-2)28-34-17(3)29)33-13-6-14-35-24-12-9-18(15-21(24)27)16-25(30)31/h9-12,15,32H,4-8,13-14,16H2,1-3H3,(H,30,31)/b28-22+. The fraction of sp³-hybridized carbons (Fsp3) is 0.423. The predicted octanol–water partition coefficient (Wildman–Crippen LogP) is 6.25. The van der Waals surface area contributed by atoms with Gasteiger partial charge in [0.1, 0.15) is 11.5 Å². The van der Waals surface area contributed by atoms with E-state index in [1.165, 1.54) is 6.92 Å². The normalized spacial score (nSPS) is 11.4. The summed E-state index contributed by atoms with van der Waals surface area (Å²) >= 11 is 7.87. The van der Waals surface area contributed by atoms with Crippen molar-refractivity contribution < 1.29 is 29.4 Å². The minimum absolute atomic E-state index is 0.0558. The van der Waals surface area contributed by atoms with E-state index in [0.717, 1.165) is 29.9 Å². The summed E-state index contributed by atoms with van der Waals surface area (Å²) in [5, 5.41) is 24.3. The summed E-state index contributed by atoms with van der Waals surface area (Å²) in [6.45, 7) is 5.76. The molecular formula is C26H32ClNO6S. The van der Waals surface area contributed by atoms with Crippen LogP contribution >= 0.6 is 23.4 Å². The Morgan fingerprint density at radius 3 is 2.54 bits per heavy atom. The summed E-state index contributed by atoms with van der Waals surface area (Å²) in [5.41, 5.74) is 2.44. The Morgan fingerprint density at radius 2 is 1.91 bits per heavy atom. The number of carbonyl (C=O) groups excluding carboxylic acids is 1. The minimum atomic E-state index is -0.890. The lowest BCUT2D eigenvalue weighted by atomic mass is 9.98. The SMILES string of the molecule is CCC/C(=N\OC(C)=O)c1ccc(OCCCSc2ccc(CC(=O)O)cc2Cl)c(CCC)c1O. The van der Waals surface area contributed by atoms with Gasteiger partial charge in [-0.1, -0.05) is 49.5 Å². The molecule has 0 amide bonds. The molecule has 35 heavy (non-hydrogen) atoms. The first-order valence-electron chi connectivity index (χ1n) is 11.6. The molecule has 2 aromatic carbocycles. The molecule has 2 aromatic rings. The summed E-state index contributed by atoms with van der Waals surface area (Å²) in [6.07, 6.45) is 3.49. The van der Waals surface area contributed by atoms with E-state index in [4.69, 9.17) is 26.3 Å². The van der Waals surface area contributed by atoms with Crippen molar-refractivity contribution in [2.75, 3.05) is 12.4 Å². The average molecular weight is 522 g/mol. The number of carbonyl (C=O) groups is 2. The Hall–Kier alpha value is -2.71. The molecule has 0 spiro atoms. The smallest absolute Gasteiger partial charge is 0.331 e. The van der Waals surface area contributed by atoms with Gasteiger partial charge in [-0.15, -0.1) is 11.8 Å². The number of phenolic OH excluding ortho intramolecular Hbond substituents is 1. The van der Waals surface area contributed by atoms with Gasteiger partial charge >= 0.3 is 11.9 Å².